The van der Waals surface area contributed by atoms with Crippen molar-refractivity contribution >= 4 is 6.03 Å². The number of amides is 2. The van der Waals surface area contributed by atoms with Gasteiger partial charge in [0.1, 0.15) is 12.4 Å². The molecule has 1 aromatic rings. The van der Waals surface area contributed by atoms with Crippen molar-refractivity contribution in [2.24, 2.45) is 5.92 Å². The number of hydrogen-bond acceptors (Lipinski definition) is 2. The van der Waals surface area contributed by atoms with Crippen LogP contribution in [0.25, 0.3) is 0 Å². The zero-order chi connectivity index (χ0) is 15.9. The number of carbonyl (C=O) groups is 1. The Morgan fingerprint density at radius 3 is 2.77 bits per heavy atom. The monoisotopic (exact) mass is 304 g/mol. The maximum atomic E-state index is 12.2. The zero-order valence-corrected chi connectivity index (χ0v) is 14.0. The average Bonchev–Trinajstić information content (AvgIpc) is 2.51. The van der Waals surface area contributed by atoms with E-state index in [0.29, 0.717) is 25.1 Å². The van der Waals surface area contributed by atoms with Crippen molar-refractivity contribution in [3.05, 3.63) is 29.8 Å². The highest BCUT2D eigenvalue weighted by atomic mass is 16.5. The van der Waals surface area contributed by atoms with Crippen LogP contribution < -0.4 is 10.1 Å². The first-order chi connectivity index (χ1) is 10.6. The molecule has 0 heterocycles. The summed E-state index contributed by atoms with van der Waals surface area (Å²) in [6.07, 6.45) is 4.81. The van der Waals surface area contributed by atoms with Crippen LogP contribution in [-0.4, -0.2) is 37.2 Å². The summed E-state index contributed by atoms with van der Waals surface area (Å²) in [5.41, 5.74) is 1.12. The van der Waals surface area contributed by atoms with Crippen molar-refractivity contribution in [2.45, 2.75) is 45.6 Å². The average molecular weight is 304 g/mol. The first-order valence-electron chi connectivity index (χ1n) is 8.28. The Morgan fingerprint density at radius 2 is 2.05 bits per heavy atom. The molecule has 4 nitrogen and oxygen atoms in total. The largest absolute Gasteiger partial charge is 0.491 e. The van der Waals surface area contributed by atoms with Crippen LogP contribution in [-0.2, 0) is 0 Å². The summed E-state index contributed by atoms with van der Waals surface area (Å²) in [6, 6.07) is 8.26. The summed E-state index contributed by atoms with van der Waals surface area (Å²) in [4.78, 5) is 13.9. The predicted octanol–water partition coefficient (Wildman–Crippen LogP) is 3.59. The van der Waals surface area contributed by atoms with Crippen molar-refractivity contribution in [3.63, 3.8) is 0 Å². The number of nitrogens with one attached hydrogen (secondary N) is 1. The van der Waals surface area contributed by atoms with Gasteiger partial charge in [-0.25, -0.2) is 4.79 Å². The summed E-state index contributed by atoms with van der Waals surface area (Å²) in [5, 5.41) is 3.16. The van der Waals surface area contributed by atoms with Gasteiger partial charge in [0.2, 0.25) is 0 Å². The van der Waals surface area contributed by atoms with Gasteiger partial charge in [-0.15, -0.1) is 0 Å². The van der Waals surface area contributed by atoms with E-state index < -0.39 is 0 Å². The number of benzene rings is 1. The fourth-order valence-corrected chi connectivity index (χ4v) is 2.91. The first kappa shape index (κ1) is 16.7. The lowest BCUT2D eigenvalue weighted by molar-refractivity contribution is 0.181. The van der Waals surface area contributed by atoms with Gasteiger partial charge in [0.05, 0.1) is 6.54 Å². The molecule has 0 radical (unpaired) electrons. The van der Waals surface area contributed by atoms with Crippen molar-refractivity contribution in [2.75, 3.05) is 20.2 Å². The number of nitrogens with zero attached hydrogens (tertiary/aromatic N) is 1. The Kier molecular flexibility index (Phi) is 6.10. The maximum Gasteiger partial charge on any atom is 0.317 e. The molecule has 1 fully saturated rings. The van der Waals surface area contributed by atoms with Gasteiger partial charge in [-0.1, -0.05) is 38.0 Å². The van der Waals surface area contributed by atoms with Gasteiger partial charge in [-0.05, 0) is 37.3 Å². The number of para-hydroxylation sites is 1. The highest BCUT2D eigenvalue weighted by Crippen LogP contribution is 2.23. The van der Waals surface area contributed by atoms with Crippen LogP contribution in [0.1, 0.15) is 38.2 Å². The number of carbonyl (C=O) groups excluding carboxylic acids is 1. The van der Waals surface area contributed by atoms with Crippen LogP contribution in [0.2, 0.25) is 0 Å². The molecule has 2 amide bonds. The van der Waals surface area contributed by atoms with Gasteiger partial charge in [0, 0.05) is 13.1 Å². The number of rotatable bonds is 5. The summed E-state index contributed by atoms with van der Waals surface area (Å²) >= 11 is 0. The molecule has 2 rings (SSSR count). The van der Waals surface area contributed by atoms with Crippen molar-refractivity contribution in [1.29, 1.82) is 0 Å². The molecule has 1 saturated carbocycles. The molecule has 1 aliphatic rings. The van der Waals surface area contributed by atoms with Crippen molar-refractivity contribution in [1.82, 2.24) is 10.2 Å². The number of aryl methyl sites for hydroxylation is 1. The second kappa shape index (κ2) is 8.06. The van der Waals surface area contributed by atoms with Crippen LogP contribution in [0.15, 0.2) is 24.3 Å². The van der Waals surface area contributed by atoms with E-state index in [1.165, 1.54) is 19.3 Å². The quantitative estimate of drug-likeness (QED) is 0.903. The number of hydrogen-bond donors (Lipinski definition) is 1. The third-order valence-electron chi connectivity index (χ3n) is 4.54. The lowest BCUT2D eigenvalue weighted by Gasteiger charge is -2.31. The molecule has 0 spiro atoms. The maximum absolute atomic E-state index is 12.2. The van der Waals surface area contributed by atoms with Crippen LogP contribution in [0, 0.1) is 12.8 Å². The normalized spacial score (nSPS) is 21.2. The van der Waals surface area contributed by atoms with Crippen LogP contribution in [0.5, 0.6) is 5.75 Å². The minimum atomic E-state index is 0.00661. The Morgan fingerprint density at radius 1 is 1.32 bits per heavy atom. The Labute approximate surface area is 133 Å². The van der Waals surface area contributed by atoms with Gasteiger partial charge in [0.15, 0.2) is 0 Å². The second-order valence-corrected chi connectivity index (χ2v) is 6.35. The molecule has 0 bridgehead atoms. The van der Waals surface area contributed by atoms with Crippen molar-refractivity contribution < 1.29 is 9.53 Å². The predicted molar refractivity (Wildman–Crippen MR) is 89.3 cm³/mol. The molecule has 122 valence electrons. The molecular weight excluding hydrogens is 276 g/mol. The van der Waals surface area contributed by atoms with Gasteiger partial charge in [-0.3, -0.25) is 0 Å². The SMILES string of the molecule is Cc1ccccc1OCCN(C)C(=O)NC1CCCCC1C. The number of ether oxygens (including phenoxy) is 1. The Balaban J connectivity index is 1.73. The molecular formula is C18H28N2O2. The zero-order valence-electron chi connectivity index (χ0n) is 14.0. The lowest BCUT2D eigenvalue weighted by atomic mass is 9.86. The number of likely N-dealkylation sites (N-methyl/N-ethyl adjacent to an activating group) is 1. The van der Waals surface area contributed by atoms with Gasteiger partial charge in [-0.2, -0.15) is 0 Å². The van der Waals surface area contributed by atoms with E-state index in [9.17, 15) is 4.79 Å². The van der Waals surface area contributed by atoms with E-state index in [2.05, 4.69) is 12.2 Å². The first-order valence-corrected chi connectivity index (χ1v) is 8.28. The molecule has 0 saturated heterocycles. The molecule has 22 heavy (non-hydrogen) atoms. The Bertz CT molecular complexity index is 490. The molecule has 2 atom stereocenters. The fourth-order valence-electron chi connectivity index (χ4n) is 2.91. The highest BCUT2D eigenvalue weighted by Gasteiger charge is 2.23. The standard InChI is InChI=1S/C18H28N2O2/c1-14-8-4-6-10-16(14)19-18(21)20(3)12-13-22-17-11-7-5-9-15(17)2/h5,7,9,11,14,16H,4,6,8,10,12-13H2,1-3H3,(H,19,21). The number of urea groups is 1. The van der Waals surface area contributed by atoms with Crippen molar-refractivity contribution in [3.8, 4) is 5.75 Å². The van der Waals surface area contributed by atoms with Gasteiger partial charge < -0.3 is 15.0 Å². The van der Waals surface area contributed by atoms with E-state index >= 15 is 0 Å². The third-order valence-corrected chi connectivity index (χ3v) is 4.54. The van der Waals surface area contributed by atoms with E-state index in [4.69, 9.17) is 4.74 Å². The fraction of sp³-hybridized carbons (Fsp3) is 0.611. The molecule has 1 aromatic carbocycles. The molecule has 0 aromatic heterocycles. The lowest BCUT2D eigenvalue weighted by Crippen LogP contribution is -2.47. The van der Waals surface area contributed by atoms with E-state index in [0.717, 1.165) is 17.7 Å². The summed E-state index contributed by atoms with van der Waals surface area (Å²) < 4.78 is 5.75. The molecule has 2 unspecified atom stereocenters. The van der Waals surface area contributed by atoms with Crippen LogP contribution >= 0.6 is 0 Å². The van der Waals surface area contributed by atoms with E-state index in [-0.39, 0.29) is 6.03 Å². The van der Waals surface area contributed by atoms with Gasteiger partial charge in [0.25, 0.3) is 0 Å². The molecule has 1 N–H and O–H groups in total. The molecule has 0 aliphatic heterocycles. The van der Waals surface area contributed by atoms with E-state index in [1.54, 1.807) is 4.90 Å². The second-order valence-electron chi connectivity index (χ2n) is 6.35. The Hall–Kier alpha value is -1.71. The van der Waals surface area contributed by atoms with E-state index in [1.807, 2.05) is 38.2 Å². The minimum absolute atomic E-state index is 0.00661. The summed E-state index contributed by atoms with van der Waals surface area (Å²) in [7, 11) is 1.82. The van der Waals surface area contributed by atoms with Crippen LogP contribution in [0.4, 0.5) is 4.79 Å². The molecule has 4 heteroatoms. The minimum Gasteiger partial charge on any atom is -0.491 e. The third kappa shape index (κ3) is 4.65. The van der Waals surface area contributed by atoms with Crippen LogP contribution in [0.3, 0.4) is 0 Å². The topological polar surface area (TPSA) is 41.6 Å². The summed E-state index contributed by atoms with van der Waals surface area (Å²) in [5.74, 6) is 1.46. The summed E-state index contributed by atoms with van der Waals surface area (Å²) in [6.45, 7) is 5.35. The molecule has 1 aliphatic carbocycles. The van der Waals surface area contributed by atoms with Gasteiger partial charge >= 0.3 is 6.03 Å². The smallest absolute Gasteiger partial charge is 0.317 e. The highest BCUT2D eigenvalue weighted by molar-refractivity contribution is 5.74.